The van der Waals surface area contributed by atoms with E-state index in [1.54, 1.807) is 4.31 Å². The lowest BCUT2D eigenvalue weighted by molar-refractivity contribution is 0.187. The Morgan fingerprint density at radius 2 is 1.67 bits per heavy atom. The summed E-state index contributed by atoms with van der Waals surface area (Å²) in [7, 11) is -3.29. The average molecular weight is 234 g/mol. The van der Waals surface area contributed by atoms with Gasteiger partial charge in [0.1, 0.15) is 0 Å². The minimum Gasteiger partial charge on any atom is -0.392 e. The highest BCUT2D eigenvalue weighted by Crippen LogP contribution is 2.20. The summed E-state index contributed by atoms with van der Waals surface area (Å²) in [6.45, 7) is 1.99. The number of β-amino-alcohol motifs (C(OH)–C–C–N with tert-alkyl or cyclic N) is 1. The zero-order chi connectivity index (χ0) is 10.9. The fourth-order valence-corrected chi connectivity index (χ4v) is 3.92. The predicted molar refractivity (Wildman–Crippen MR) is 56.5 cm³/mol. The minimum absolute atomic E-state index is 0.263. The van der Waals surface area contributed by atoms with E-state index < -0.39 is 16.3 Å². The zero-order valence-corrected chi connectivity index (χ0v) is 9.62. The Bertz CT molecular complexity index is 301. The highest BCUT2D eigenvalue weighted by atomic mass is 32.2. The van der Waals surface area contributed by atoms with Gasteiger partial charge in [-0.15, -0.1) is 0 Å². The maximum atomic E-state index is 12.1. The van der Waals surface area contributed by atoms with Crippen molar-refractivity contribution in [1.29, 1.82) is 0 Å². The van der Waals surface area contributed by atoms with Crippen LogP contribution in [0, 0.1) is 0 Å². The van der Waals surface area contributed by atoms with Gasteiger partial charge in [-0.05, 0) is 19.3 Å². The molecule has 2 aliphatic heterocycles. The van der Waals surface area contributed by atoms with E-state index in [1.165, 1.54) is 4.31 Å². The number of aliphatic hydroxyl groups excluding tert-OH is 1. The molecule has 1 N–H and O–H groups in total. The van der Waals surface area contributed by atoms with E-state index in [9.17, 15) is 13.5 Å². The second-order valence-electron chi connectivity index (χ2n) is 4.27. The highest BCUT2D eigenvalue weighted by Gasteiger charge is 2.35. The molecular formula is C9H18N2O3S. The Balaban J connectivity index is 2.05. The lowest BCUT2D eigenvalue weighted by Crippen LogP contribution is -2.45. The first-order valence-electron chi connectivity index (χ1n) is 5.54. The summed E-state index contributed by atoms with van der Waals surface area (Å²) in [6.07, 6.45) is 3.11. The maximum Gasteiger partial charge on any atom is 0.282 e. The summed E-state index contributed by atoms with van der Waals surface area (Å²) in [5.74, 6) is 0. The van der Waals surface area contributed by atoms with Crippen LogP contribution in [0.5, 0.6) is 0 Å². The number of rotatable bonds is 2. The monoisotopic (exact) mass is 234 g/mol. The van der Waals surface area contributed by atoms with Crippen molar-refractivity contribution in [3.8, 4) is 0 Å². The molecule has 5 nitrogen and oxygen atoms in total. The molecule has 0 aromatic rings. The van der Waals surface area contributed by atoms with E-state index in [4.69, 9.17) is 0 Å². The van der Waals surface area contributed by atoms with Gasteiger partial charge in [0.25, 0.3) is 10.2 Å². The molecule has 0 unspecified atom stereocenters. The van der Waals surface area contributed by atoms with Crippen LogP contribution in [0.3, 0.4) is 0 Å². The van der Waals surface area contributed by atoms with E-state index in [-0.39, 0.29) is 6.54 Å². The summed E-state index contributed by atoms with van der Waals surface area (Å²) in [5, 5.41) is 9.34. The normalized spacial score (nSPS) is 30.9. The topological polar surface area (TPSA) is 60.9 Å². The second kappa shape index (κ2) is 4.37. The van der Waals surface area contributed by atoms with Crippen molar-refractivity contribution in [1.82, 2.24) is 8.61 Å². The molecule has 0 bridgehead atoms. The van der Waals surface area contributed by atoms with Crippen molar-refractivity contribution >= 4 is 10.2 Å². The zero-order valence-electron chi connectivity index (χ0n) is 8.80. The van der Waals surface area contributed by atoms with Crippen LogP contribution in [-0.2, 0) is 10.2 Å². The van der Waals surface area contributed by atoms with E-state index in [0.29, 0.717) is 26.1 Å². The first kappa shape index (κ1) is 11.3. The molecule has 1 atom stereocenters. The Labute approximate surface area is 90.9 Å². The number of piperidine rings is 1. The van der Waals surface area contributed by atoms with Crippen LogP contribution < -0.4 is 0 Å². The lowest BCUT2D eigenvalue weighted by Gasteiger charge is -2.29. The molecule has 15 heavy (non-hydrogen) atoms. The molecule has 2 heterocycles. The molecule has 0 aliphatic carbocycles. The number of nitrogens with zero attached hydrogens (tertiary/aromatic N) is 2. The van der Waals surface area contributed by atoms with Crippen molar-refractivity contribution in [3.63, 3.8) is 0 Å². The molecule has 88 valence electrons. The number of hydrogen-bond acceptors (Lipinski definition) is 3. The van der Waals surface area contributed by atoms with Crippen LogP contribution in [0.25, 0.3) is 0 Å². The van der Waals surface area contributed by atoms with Crippen molar-refractivity contribution in [3.05, 3.63) is 0 Å². The van der Waals surface area contributed by atoms with Crippen LogP contribution in [-0.4, -0.2) is 54.4 Å². The molecule has 0 spiro atoms. The van der Waals surface area contributed by atoms with E-state index in [2.05, 4.69) is 0 Å². The van der Waals surface area contributed by atoms with Gasteiger partial charge < -0.3 is 5.11 Å². The van der Waals surface area contributed by atoms with Gasteiger partial charge in [-0.1, -0.05) is 6.42 Å². The third kappa shape index (κ3) is 2.33. The fraction of sp³-hybridized carbons (Fsp3) is 1.00. The Kier molecular flexibility index (Phi) is 3.30. The average Bonchev–Trinajstić information content (AvgIpc) is 2.67. The van der Waals surface area contributed by atoms with Crippen LogP contribution in [0.4, 0.5) is 0 Å². The Morgan fingerprint density at radius 3 is 2.20 bits per heavy atom. The minimum atomic E-state index is -3.29. The summed E-state index contributed by atoms with van der Waals surface area (Å²) < 4.78 is 27.1. The number of aliphatic hydroxyl groups is 1. The van der Waals surface area contributed by atoms with Crippen LogP contribution in [0.15, 0.2) is 0 Å². The second-order valence-corrected chi connectivity index (χ2v) is 6.20. The smallest absolute Gasteiger partial charge is 0.282 e. The Hall–Kier alpha value is -0.170. The summed E-state index contributed by atoms with van der Waals surface area (Å²) in [5.41, 5.74) is 0. The standard InChI is InChI=1S/C9H18N2O3S/c12-9-4-7-11(8-9)15(13,14)10-5-2-1-3-6-10/h9,12H,1-8H2/t9-/m1/s1. The largest absolute Gasteiger partial charge is 0.392 e. The lowest BCUT2D eigenvalue weighted by atomic mass is 10.2. The fourth-order valence-electron chi connectivity index (χ4n) is 2.18. The molecule has 0 aromatic heterocycles. The van der Waals surface area contributed by atoms with Crippen LogP contribution >= 0.6 is 0 Å². The number of hydrogen-bond donors (Lipinski definition) is 1. The van der Waals surface area contributed by atoms with E-state index >= 15 is 0 Å². The summed E-state index contributed by atoms with van der Waals surface area (Å²) >= 11 is 0. The van der Waals surface area contributed by atoms with Crippen molar-refractivity contribution in [2.75, 3.05) is 26.2 Å². The molecule has 0 radical (unpaired) electrons. The first-order chi connectivity index (χ1) is 7.10. The highest BCUT2D eigenvalue weighted by molar-refractivity contribution is 7.86. The molecule has 6 heteroatoms. The van der Waals surface area contributed by atoms with Gasteiger partial charge in [-0.25, -0.2) is 0 Å². The van der Waals surface area contributed by atoms with Gasteiger partial charge >= 0.3 is 0 Å². The predicted octanol–water partition coefficient (Wildman–Crippen LogP) is -0.216. The van der Waals surface area contributed by atoms with E-state index in [0.717, 1.165) is 19.3 Å². The maximum absolute atomic E-state index is 12.1. The van der Waals surface area contributed by atoms with Crippen molar-refractivity contribution in [2.24, 2.45) is 0 Å². The quantitative estimate of drug-likeness (QED) is 0.719. The third-order valence-electron chi connectivity index (χ3n) is 3.09. The molecule has 2 aliphatic rings. The summed E-state index contributed by atoms with van der Waals surface area (Å²) in [4.78, 5) is 0. The molecular weight excluding hydrogens is 216 g/mol. The third-order valence-corrected chi connectivity index (χ3v) is 5.10. The van der Waals surface area contributed by atoms with Gasteiger partial charge in [0.2, 0.25) is 0 Å². The van der Waals surface area contributed by atoms with Crippen molar-refractivity contribution in [2.45, 2.75) is 31.8 Å². The van der Waals surface area contributed by atoms with Gasteiger partial charge in [0.05, 0.1) is 6.10 Å². The SMILES string of the molecule is O=S(=O)(N1CCCCC1)N1CC[C@@H](O)C1. The van der Waals surface area contributed by atoms with Gasteiger partial charge in [0, 0.05) is 26.2 Å². The van der Waals surface area contributed by atoms with Crippen molar-refractivity contribution < 1.29 is 13.5 Å². The van der Waals surface area contributed by atoms with Crippen LogP contribution in [0.1, 0.15) is 25.7 Å². The van der Waals surface area contributed by atoms with Gasteiger partial charge in [0.15, 0.2) is 0 Å². The molecule has 2 fully saturated rings. The molecule has 0 aromatic carbocycles. The van der Waals surface area contributed by atoms with Crippen LogP contribution in [0.2, 0.25) is 0 Å². The molecule has 2 saturated heterocycles. The van der Waals surface area contributed by atoms with E-state index in [1.807, 2.05) is 0 Å². The summed E-state index contributed by atoms with van der Waals surface area (Å²) in [6, 6.07) is 0. The van der Waals surface area contributed by atoms with Gasteiger partial charge in [-0.3, -0.25) is 0 Å². The molecule has 0 amide bonds. The van der Waals surface area contributed by atoms with Gasteiger partial charge in [-0.2, -0.15) is 17.0 Å². The molecule has 0 saturated carbocycles. The molecule has 2 rings (SSSR count). The Morgan fingerprint density at radius 1 is 1.00 bits per heavy atom. The first-order valence-corrected chi connectivity index (χ1v) is 6.94.